The molecule has 3 aromatic rings. The van der Waals surface area contributed by atoms with Crippen LogP contribution in [-0.2, 0) is 10.0 Å². The molecule has 0 amide bonds. The van der Waals surface area contributed by atoms with E-state index in [1.165, 1.54) is 22.9 Å². The maximum atomic E-state index is 13.8. The van der Waals surface area contributed by atoms with Crippen LogP contribution >= 0.6 is 11.3 Å². The van der Waals surface area contributed by atoms with Crippen molar-refractivity contribution in [2.45, 2.75) is 61.7 Å². The number of anilines is 1. The second-order valence-electron chi connectivity index (χ2n) is 9.48. The fourth-order valence-corrected chi connectivity index (χ4v) is 6.55. The molecule has 5 rings (SSSR count). The summed E-state index contributed by atoms with van der Waals surface area (Å²) in [6.45, 7) is 2.25. The topological polar surface area (TPSA) is 105 Å². The van der Waals surface area contributed by atoms with Crippen molar-refractivity contribution in [2.75, 3.05) is 24.8 Å². The van der Waals surface area contributed by atoms with E-state index in [1.54, 1.807) is 18.7 Å². The van der Waals surface area contributed by atoms with Crippen LogP contribution in [0.15, 0.2) is 23.4 Å². The van der Waals surface area contributed by atoms with Gasteiger partial charge in [0.15, 0.2) is 15.8 Å². The van der Waals surface area contributed by atoms with E-state index in [2.05, 4.69) is 25.2 Å². The Labute approximate surface area is 209 Å². The predicted octanol–water partition coefficient (Wildman–Crippen LogP) is 3.10. The fraction of sp³-hybridized carbons (Fsp3) is 0.571. The minimum atomic E-state index is -3.99. The second kappa shape index (κ2) is 9.19. The molecule has 3 atom stereocenters. The van der Waals surface area contributed by atoms with Crippen molar-refractivity contribution in [3.8, 4) is 10.8 Å². The van der Waals surface area contributed by atoms with E-state index in [-0.39, 0.29) is 22.3 Å². The zero-order chi connectivity index (χ0) is 25.8. The number of nitrogens with one attached hydrogen (secondary N) is 2. The molecule has 15 heteroatoms. The molecule has 9 nitrogen and oxygen atoms in total. The van der Waals surface area contributed by atoms with E-state index in [1.807, 2.05) is 0 Å². The van der Waals surface area contributed by atoms with Crippen LogP contribution in [0.1, 0.15) is 38.1 Å². The average Bonchev–Trinajstić information content (AvgIpc) is 3.23. The van der Waals surface area contributed by atoms with Gasteiger partial charge < -0.3 is 10.2 Å². The Morgan fingerprint density at radius 2 is 2.03 bits per heavy atom. The van der Waals surface area contributed by atoms with Gasteiger partial charge >= 0.3 is 0 Å². The van der Waals surface area contributed by atoms with Gasteiger partial charge in [0.2, 0.25) is 10.0 Å². The van der Waals surface area contributed by atoms with E-state index < -0.39 is 58.5 Å². The fourth-order valence-electron chi connectivity index (χ4n) is 4.38. The first-order valence-electron chi connectivity index (χ1n) is 11.4. The van der Waals surface area contributed by atoms with Crippen molar-refractivity contribution in [1.29, 1.82) is 0 Å². The van der Waals surface area contributed by atoms with E-state index >= 15 is 0 Å². The number of sulfonamides is 1. The number of hydrogen-bond acceptors (Lipinski definition) is 8. The van der Waals surface area contributed by atoms with Crippen LogP contribution in [-0.4, -0.2) is 71.6 Å². The Hall–Kier alpha value is -2.36. The molecule has 196 valence electrons. The molecule has 36 heavy (non-hydrogen) atoms. The average molecular weight is 548 g/mol. The molecular weight excluding hydrogens is 522 g/mol. The molecule has 3 aromatic heterocycles. The summed E-state index contributed by atoms with van der Waals surface area (Å²) in [4.78, 5) is 6.00. The molecule has 1 aliphatic carbocycles. The van der Waals surface area contributed by atoms with Crippen LogP contribution in [0.5, 0.6) is 0 Å². The normalized spacial score (nSPS) is 24.1. The Kier molecular flexibility index (Phi) is 6.46. The van der Waals surface area contributed by atoms with E-state index in [0.29, 0.717) is 35.4 Å². The minimum absolute atomic E-state index is 0.0875. The number of aromatic nitrogens is 4. The molecule has 2 aliphatic rings. The number of imidazole rings is 1. The molecule has 1 aliphatic heterocycles. The Balaban J connectivity index is 1.68. The van der Waals surface area contributed by atoms with Gasteiger partial charge in [-0.3, -0.25) is 4.40 Å². The number of halogens is 4. The third-order valence-corrected chi connectivity index (χ3v) is 9.24. The first kappa shape index (κ1) is 25.3. The molecule has 1 saturated carbocycles. The van der Waals surface area contributed by atoms with Gasteiger partial charge in [0.25, 0.3) is 6.43 Å². The SMILES string of the molecule is C[C@H]1[C@H](CF)N[C@H](CF)CN1c1cc(S(=O)(=O)NC2(C)CC2)cn2c(-c3nnc(C(F)F)s3)ncc12. The molecular formula is C21H25F4N7O2S2. The third kappa shape index (κ3) is 4.57. The number of fused-ring (bicyclic) bond motifs is 1. The van der Waals surface area contributed by atoms with Crippen LogP contribution in [0.3, 0.4) is 0 Å². The van der Waals surface area contributed by atoms with E-state index in [9.17, 15) is 26.0 Å². The highest BCUT2D eigenvalue weighted by Crippen LogP contribution is 2.38. The van der Waals surface area contributed by atoms with Crippen molar-refractivity contribution >= 4 is 32.6 Å². The van der Waals surface area contributed by atoms with Crippen LogP contribution in [0.4, 0.5) is 23.2 Å². The molecule has 0 bridgehead atoms. The largest absolute Gasteiger partial charge is 0.364 e. The lowest BCUT2D eigenvalue weighted by molar-refractivity contribution is 0.150. The summed E-state index contributed by atoms with van der Waals surface area (Å²) in [5.41, 5.74) is 0.305. The zero-order valence-electron chi connectivity index (χ0n) is 19.5. The van der Waals surface area contributed by atoms with Gasteiger partial charge in [-0.25, -0.2) is 35.7 Å². The number of pyridine rings is 1. The lowest BCUT2D eigenvalue weighted by atomic mass is 10.0. The molecule has 0 unspecified atom stereocenters. The van der Waals surface area contributed by atoms with Gasteiger partial charge in [0, 0.05) is 24.3 Å². The zero-order valence-corrected chi connectivity index (χ0v) is 21.1. The van der Waals surface area contributed by atoms with E-state index in [4.69, 9.17) is 0 Å². The maximum Gasteiger partial charge on any atom is 0.291 e. The van der Waals surface area contributed by atoms with Crippen LogP contribution in [0, 0.1) is 0 Å². The summed E-state index contributed by atoms with van der Waals surface area (Å²) in [5, 5.41) is 9.87. The summed E-state index contributed by atoms with van der Waals surface area (Å²) in [7, 11) is -3.99. The minimum Gasteiger partial charge on any atom is -0.364 e. The Bertz CT molecular complexity index is 1380. The van der Waals surface area contributed by atoms with Crippen molar-refractivity contribution in [3.63, 3.8) is 0 Å². The first-order valence-corrected chi connectivity index (χ1v) is 13.7. The highest BCUT2D eigenvalue weighted by atomic mass is 32.2. The maximum absolute atomic E-state index is 13.8. The molecule has 2 fully saturated rings. The van der Waals surface area contributed by atoms with Crippen LogP contribution < -0.4 is 14.9 Å². The molecule has 2 N–H and O–H groups in total. The molecule has 0 radical (unpaired) electrons. The van der Waals surface area contributed by atoms with Gasteiger partial charge in [-0.05, 0) is 32.8 Å². The quantitative estimate of drug-likeness (QED) is 0.418. The van der Waals surface area contributed by atoms with Crippen molar-refractivity contribution < 1.29 is 26.0 Å². The smallest absolute Gasteiger partial charge is 0.291 e. The first-order chi connectivity index (χ1) is 17.0. The second-order valence-corrected chi connectivity index (χ2v) is 12.2. The standard InChI is InChI=1S/C21H25F4N7O2S2/c1-11-14(7-23)27-12(6-22)9-31(11)15-5-13(36(33,34)30-21(2)3-4-21)10-32-16(15)8-26-18(32)20-29-28-19(35-20)17(24)25/h5,8,10-12,14,17,27,30H,3-4,6-7,9H2,1-2H3/t11-,12+,14-/m0/s1. The number of rotatable bonds is 8. The van der Waals surface area contributed by atoms with Crippen LogP contribution in [0.25, 0.3) is 16.3 Å². The molecule has 0 aromatic carbocycles. The summed E-state index contributed by atoms with van der Waals surface area (Å²) in [6.07, 6.45) is 1.40. The number of nitrogens with zero attached hydrogens (tertiary/aromatic N) is 5. The summed E-state index contributed by atoms with van der Waals surface area (Å²) in [6, 6.07) is -0.322. The monoisotopic (exact) mass is 547 g/mol. The summed E-state index contributed by atoms with van der Waals surface area (Å²) in [5.74, 6) is 0.136. The highest BCUT2D eigenvalue weighted by molar-refractivity contribution is 7.89. The lowest BCUT2D eigenvalue weighted by Crippen LogP contribution is -2.63. The lowest BCUT2D eigenvalue weighted by Gasteiger charge is -2.44. The van der Waals surface area contributed by atoms with E-state index in [0.717, 1.165) is 0 Å². The Morgan fingerprint density at radius 1 is 1.28 bits per heavy atom. The third-order valence-electron chi connectivity index (χ3n) is 6.71. The van der Waals surface area contributed by atoms with Crippen LogP contribution in [0.2, 0.25) is 0 Å². The molecule has 1 saturated heterocycles. The number of hydrogen-bond donors (Lipinski definition) is 2. The summed E-state index contributed by atoms with van der Waals surface area (Å²) >= 11 is 0.654. The number of piperazine rings is 1. The van der Waals surface area contributed by atoms with Gasteiger partial charge in [-0.2, -0.15) is 0 Å². The Morgan fingerprint density at radius 3 is 2.64 bits per heavy atom. The van der Waals surface area contributed by atoms with Crippen molar-refractivity contribution in [1.82, 2.24) is 29.6 Å². The predicted molar refractivity (Wildman–Crippen MR) is 126 cm³/mol. The van der Waals surface area contributed by atoms with Crippen molar-refractivity contribution in [2.24, 2.45) is 0 Å². The number of alkyl halides is 4. The van der Waals surface area contributed by atoms with Gasteiger partial charge in [0.05, 0.1) is 29.5 Å². The molecule has 0 spiro atoms. The highest BCUT2D eigenvalue weighted by Gasteiger charge is 2.42. The van der Waals surface area contributed by atoms with Gasteiger partial charge in [-0.15, -0.1) is 10.2 Å². The molecule has 4 heterocycles. The van der Waals surface area contributed by atoms with Gasteiger partial charge in [0.1, 0.15) is 18.2 Å². The summed E-state index contributed by atoms with van der Waals surface area (Å²) < 4.78 is 84.5. The van der Waals surface area contributed by atoms with Gasteiger partial charge in [-0.1, -0.05) is 11.3 Å². The van der Waals surface area contributed by atoms with Crippen molar-refractivity contribution in [3.05, 3.63) is 23.5 Å².